The summed E-state index contributed by atoms with van der Waals surface area (Å²) in [6.07, 6.45) is 2.03. The van der Waals surface area contributed by atoms with Crippen molar-refractivity contribution in [1.82, 2.24) is 10.2 Å². The van der Waals surface area contributed by atoms with Crippen molar-refractivity contribution in [1.29, 1.82) is 0 Å². The standard InChI is InChI=1S/C13H18N4O4S.ClH/c14-6-2-7-15-12(18)9-3-1-8-16(9)13(19)10-4-5-11(22-10)17(20)21;/h4-5,9H,1-3,6-8,14H2,(H,15,18);1H. The molecule has 128 valence electrons. The topological polar surface area (TPSA) is 119 Å². The Morgan fingerprint density at radius 1 is 1.48 bits per heavy atom. The summed E-state index contributed by atoms with van der Waals surface area (Å²) in [5.74, 6) is -0.514. The van der Waals surface area contributed by atoms with E-state index < -0.39 is 11.0 Å². The van der Waals surface area contributed by atoms with Crippen molar-refractivity contribution in [3.63, 3.8) is 0 Å². The minimum Gasteiger partial charge on any atom is -0.354 e. The molecule has 0 aliphatic carbocycles. The number of hydrogen-bond donors (Lipinski definition) is 2. The van der Waals surface area contributed by atoms with Gasteiger partial charge in [-0.25, -0.2) is 0 Å². The molecule has 2 heterocycles. The van der Waals surface area contributed by atoms with Crippen molar-refractivity contribution >= 4 is 40.6 Å². The van der Waals surface area contributed by atoms with Gasteiger partial charge in [0.25, 0.3) is 5.91 Å². The molecule has 1 aliphatic heterocycles. The van der Waals surface area contributed by atoms with E-state index in [0.717, 1.165) is 17.8 Å². The summed E-state index contributed by atoms with van der Waals surface area (Å²) >= 11 is 0.833. The molecule has 1 aromatic heterocycles. The highest BCUT2D eigenvalue weighted by Crippen LogP contribution is 2.28. The molecule has 3 N–H and O–H groups in total. The SMILES string of the molecule is Cl.NCCCNC(=O)C1CCCN1C(=O)c1ccc([N+](=O)[O-])s1. The van der Waals surface area contributed by atoms with Crippen LogP contribution < -0.4 is 11.1 Å². The fourth-order valence-corrected chi connectivity index (χ4v) is 3.17. The molecule has 2 rings (SSSR count). The van der Waals surface area contributed by atoms with Gasteiger partial charge in [-0.2, -0.15) is 0 Å². The van der Waals surface area contributed by atoms with Crippen LogP contribution in [0, 0.1) is 10.1 Å². The Bertz CT molecular complexity index is 580. The molecule has 2 amide bonds. The molecule has 1 saturated heterocycles. The van der Waals surface area contributed by atoms with Crippen molar-refractivity contribution < 1.29 is 14.5 Å². The Kier molecular flexibility index (Phi) is 7.40. The van der Waals surface area contributed by atoms with E-state index in [2.05, 4.69) is 5.32 Å². The maximum Gasteiger partial charge on any atom is 0.324 e. The lowest BCUT2D eigenvalue weighted by Crippen LogP contribution is -2.46. The van der Waals surface area contributed by atoms with Gasteiger partial charge in [-0.1, -0.05) is 11.3 Å². The molecule has 1 aliphatic rings. The second kappa shape index (κ2) is 8.80. The number of nitrogens with one attached hydrogen (secondary N) is 1. The normalized spacial score (nSPS) is 16.7. The third-order valence-electron chi connectivity index (χ3n) is 3.48. The van der Waals surface area contributed by atoms with E-state index in [9.17, 15) is 19.7 Å². The Morgan fingerprint density at radius 3 is 2.83 bits per heavy atom. The van der Waals surface area contributed by atoms with Gasteiger partial charge in [-0.15, -0.1) is 12.4 Å². The van der Waals surface area contributed by atoms with Crippen LogP contribution in [0.1, 0.15) is 28.9 Å². The van der Waals surface area contributed by atoms with Crippen LogP contribution in [0.4, 0.5) is 5.00 Å². The molecule has 1 atom stereocenters. The number of thiophene rings is 1. The van der Waals surface area contributed by atoms with Crippen LogP contribution in [0.15, 0.2) is 12.1 Å². The summed E-state index contributed by atoms with van der Waals surface area (Å²) in [5.41, 5.74) is 5.38. The predicted octanol–water partition coefficient (Wildman–Crippen LogP) is 1.15. The highest BCUT2D eigenvalue weighted by Gasteiger charge is 2.35. The minimum absolute atomic E-state index is 0. The van der Waals surface area contributed by atoms with Crippen LogP contribution in [0.2, 0.25) is 0 Å². The molecule has 0 bridgehead atoms. The van der Waals surface area contributed by atoms with Crippen LogP contribution in [-0.4, -0.2) is 47.3 Å². The smallest absolute Gasteiger partial charge is 0.324 e. The second-order valence-electron chi connectivity index (χ2n) is 4.98. The summed E-state index contributed by atoms with van der Waals surface area (Å²) in [5, 5.41) is 13.4. The van der Waals surface area contributed by atoms with E-state index >= 15 is 0 Å². The first kappa shape index (κ1) is 19.3. The Labute approximate surface area is 143 Å². The average Bonchev–Trinajstić information content (AvgIpc) is 3.16. The van der Waals surface area contributed by atoms with Gasteiger partial charge in [-0.3, -0.25) is 19.7 Å². The Morgan fingerprint density at radius 2 is 2.22 bits per heavy atom. The molecule has 23 heavy (non-hydrogen) atoms. The van der Waals surface area contributed by atoms with E-state index in [-0.39, 0.29) is 34.1 Å². The molecule has 1 unspecified atom stereocenters. The minimum atomic E-state index is -0.525. The maximum absolute atomic E-state index is 12.4. The number of rotatable bonds is 6. The molecule has 1 aromatic rings. The van der Waals surface area contributed by atoms with Crippen molar-refractivity contribution in [3.8, 4) is 0 Å². The third-order valence-corrected chi connectivity index (χ3v) is 4.50. The van der Waals surface area contributed by atoms with E-state index in [4.69, 9.17) is 5.73 Å². The zero-order valence-electron chi connectivity index (χ0n) is 12.4. The molecule has 0 spiro atoms. The fourth-order valence-electron chi connectivity index (χ4n) is 2.40. The lowest BCUT2D eigenvalue weighted by molar-refractivity contribution is -0.380. The Balaban J connectivity index is 0.00000264. The number of carbonyl (C=O) groups is 2. The number of amides is 2. The van der Waals surface area contributed by atoms with Gasteiger partial charge < -0.3 is 16.0 Å². The fraction of sp³-hybridized carbons (Fsp3) is 0.538. The van der Waals surface area contributed by atoms with Crippen molar-refractivity contribution in [3.05, 3.63) is 27.1 Å². The van der Waals surface area contributed by atoms with Gasteiger partial charge in [-0.05, 0) is 31.9 Å². The second-order valence-corrected chi connectivity index (χ2v) is 6.05. The van der Waals surface area contributed by atoms with Gasteiger partial charge >= 0.3 is 5.00 Å². The van der Waals surface area contributed by atoms with Crippen LogP contribution in [-0.2, 0) is 4.79 Å². The molecule has 0 aromatic carbocycles. The zero-order valence-corrected chi connectivity index (χ0v) is 14.0. The predicted molar refractivity (Wildman–Crippen MR) is 89.0 cm³/mol. The highest BCUT2D eigenvalue weighted by atomic mass is 35.5. The highest BCUT2D eigenvalue weighted by molar-refractivity contribution is 7.17. The lowest BCUT2D eigenvalue weighted by atomic mass is 10.2. The molecule has 10 heteroatoms. The first-order chi connectivity index (χ1) is 10.5. The van der Waals surface area contributed by atoms with Crippen molar-refractivity contribution in [2.75, 3.05) is 19.6 Å². The molecule has 0 radical (unpaired) electrons. The summed E-state index contributed by atoms with van der Waals surface area (Å²) in [7, 11) is 0. The van der Waals surface area contributed by atoms with Gasteiger partial charge in [0.15, 0.2) is 0 Å². The first-order valence-electron chi connectivity index (χ1n) is 7.07. The van der Waals surface area contributed by atoms with Gasteiger partial charge in [0, 0.05) is 19.2 Å². The van der Waals surface area contributed by atoms with Crippen LogP contribution >= 0.6 is 23.7 Å². The average molecular weight is 363 g/mol. The first-order valence-corrected chi connectivity index (χ1v) is 7.89. The molecule has 8 nitrogen and oxygen atoms in total. The summed E-state index contributed by atoms with van der Waals surface area (Å²) in [6.45, 7) is 1.46. The van der Waals surface area contributed by atoms with E-state index in [1.807, 2.05) is 0 Å². The Hall–Kier alpha value is -1.71. The van der Waals surface area contributed by atoms with Crippen molar-refractivity contribution in [2.45, 2.75) is 25.3 Å². The summed E-state index contributed by atoms with van der Waals surface area (Å²) in [6, 6.07) is 2.24. The van der Waals surface area contributed by atoms with Gasteiger partial charge in [0.05, 0.1) is 9.80 Å². The van der Waals surface area contributed by atoms with E-state index in [1.165, 1.54) is 17.0 Å². The maximum atomic E-state index is 12.4. The quantitative estimate of drug-likeness (QED) is 0.447. The third kappa shape index (κ3) is 4.63. The van der Waals surface area contributed by atoms with Gasteiger partial charge in [0.2, 0.25) is 5.91 Å². The largest absolute Gasteiger partial charge is 0.354 e. The number of likely N-dealkylation sites (tertiary alicyclic amines) is 1. The number of carbonyl (C=O) groups excluding carboxylic acids is 2. The molecule has 0 saturated carbocycles. The molecule has 1 fully saturated rings. The monoisotopic (exact) mass is 362 g/mol. The van der Waals surface area contributed by atoms with Gasteiger partial charge in [0.1, 0.15) is 6.04 Å². The zero-order chi connectivity index (χ0) is 16.1. The number of nitro groups is 1. The molecular formula is C13H19ClN4O4S. The van der Waals surface area contributed by atoms with Crippen molar-refractivity contribution in [2.24, 2.45) is 5.73 Å². The number of nitrogens with two attached hydrogens (primary N) is 1. The van der Waals surface area contributed by atoms with E-state index in [0.29, 0.717) is 32.5 Å². The number of nitrogens with zero attached hydrogens (tertiary/aromatic N) is 2. The van der Waals surface area contributed by atoms with E-state index in [1.54, 1.807) is 0 Å². The van der Waals surface area contributed by atoms with Crippen LogP contribution in [0.3, 0.4) is 0 Å². The number of halogens is 1. The summed E-state index contributed by atoms with van der Waals surface area (Å²) in [4.78, 5) is 36.5. The number of hydrogen-bond acceptors (Lipinski definition) is 6. The summed E-state index contributed by atoms with van der Waals surface area (Å²) < 4.78 is 0. The molecular weight excluding hydrogens is 344 g/mol. The van der Waals surface area contributed by atoms with Crippen LogP contribution in [0.25, 0.3) is 0 Å². The van der Waals surface area contributed by atoms with Crippen LogP contribution in [0.5, 0.6) is 0 Å². The lowest BCUT2D eigenvalue weighted by Gasteiger charge is -2.23.